The lowest BCUT2D eigenvalue weighted by Gasteiger charge is -2.14. The summed E-state index contributed by atoms with van der Waals surface area (Å²) < 4.78 is 5.06. The smallest absolute Gasteiger partial charge is 0.132 e. The van der Waals surface area contributed by atoms with Gasteiger partial charge in [-0.3, -0.25) is 10.6 Å². The zero-order valence-electron chi connectivity index (χ0n) is 8.03. The summed E-state index contributed by atoms with van der Waals surface area (Å²) in [6.07, 6.45) is 0.136. The molecule has 6 heteroatoms. The van der Waals surface area contributed by atoms with E-state index in [1.165, 1.54) is 11.5 Å². The number of hydrogen-bond acceptors (Lipinski definition) is 6. The Morgan fingerprint density at radius 2 is 2.20 bits per heavy atom. The molecule has 15 heavy (non-hydrogen) atoms. The molecule has 0 unspecified atom stereocenters. The van der Waals surface area contributed by atoms with Crippen molar-refractivity contribution in [3.63, 3.8) is 0 Å². The van der Waals surface area contributed by atoms with Gasteiger partial charge in [-0.15, -0.1) is 5.10 Å². The van der Waals surface area contributed by atoms with Crippen LogP contribution in [0.3, 0.4) is 0 Å². The van der Waals surface area contributed by atoms with Gasteiger partial charge in [-0.25, -0.2) is 0 Å². The molecule has 0 radical (unpaired) electrons. The summed E-state index contributed by atoms with van der Waals surface area (Å²) in [5.41, 5.74) is 1.96. The van der Waals surface area contributed by atoms with Crippen molar-refractivity contribution in [2.24, 2.45) is 0 Å². The lowest BCUT2D eigenvalue weighted by atomic mass is 10.3. The molecular formula is C9H11N5S. The highest BCUT2D eigenvalue weighted by Crippen LogP contribution is 2.23. The summed E-state index contributed by atoms with van der Waals surface area (Å²) in [5.74, 6) is 0. The predicted molar refractivity (Wildman–Crippen MR) is 60.8 cm³/mol. The van der Waals surface area contributed by atoms with Crippen LogP contribution in [0.5, 0.6) is 0 Å². The van der Waals surface area contributed by atoms with Gasteiger partial charge >= 0.3 is 0 Å². The molecule has 3 rings (SSSR count). The zero-order chi connectivity index (χ0) is 10.1. The van der Waals surface area contributed by atoms with E-state index in [-0.39, 0.29) is 6.29 Å². The topological polar surface area (TPSA) is 61.9 Å². The molecule has 0 spiro atoms. The Kier molecular flexibility index (Phi) is 2.24. The molecule has 1 aromatic heterocycles. The van der Waals surface area contributed by atoms with E-state index < -0.39 is 0 Å². The number of hydrogen-bond donors (Lipinski definition) is 3. The highest BCUT2D eigenvalue weighted by molar-refractivity contribution is 7.13. The van der Waals surface area contributed by atoms with Gasteiger partial charge in [-0.05, 0) is 23.7 Å². The number of nitrogens with zero attached hydrogens (tertiary/aromatic N) is 2. The van der Waals surface area contributed by atoms with E-state index >= 15 is 0 Å². The Morgan fingerprint density at radius 1 is 1.33 bits per heavy atom. The molecule has 0 bridgehead atoms. The van der Waals surface area contributed by atoms with Crippen molar-refractivity contribution in [1.82, 2.24) is 20.2 Å². The van der Waals surface area contributed by atoms with Crippen molar-refractivity contribution >= 4 is 27.4 Å². The predicted octanol–water partition coefficient (Wildman–Crippen LogP) is 0.580. The van der Waals surface area contributed by atoms with E-state index in [9.17, 15) is 0 Å². The van der Waals surface area contributed by atoms with Gasteiger partial charge in [0.05, 0.1) is 10.4 Å². The molecule has 1 aliphatic rings. The van der Waals surface area contributed by atoms with Crippen molar-refractivity contribution < 1.29 is 0 Å². The number of rotatable bonds is 2. The van der Waals surface area contributed by atoms with E-state index in [4.69, 9.17) is 0 Å². The van der Waals surface area contributed by atoms with Gasteiger partial charge in [-0.2, -0.15) is 0 Å². The Labute approximate surface area is 91.0 Å². The maximum atomic E-state index is 4.11. The number of nitrogens with one attached hydrogen (secondary N) is 3. The second-order valence-corrected chi connectivity index (χ2v) is 4.20. The monoisotopic (exact) mass is 221 g/mol. The Balaban J connectivity index is 1.92. The van der Waals surface area contributed by atoms with Gasteiger partial charge in [0.2, 0.25) is 0 Å². The van der Waals surface area contributed by atoms with Crippen LogP contribution in [0, 0.1) is 0 Å². The summed E-state index contributed by atoms with van der Waals surface area (Å²) in [7, 11) is 0. The largest absolute Gasteiger partial charge is 0.356 e. The average molecular weight is 221 g/mol. The van der Waals surface area contributed by atoms with Gasteiger partial charge in [0.15, 0.2) is 0 Å². The Hall–Kier alpha value is -1.24. The van der Waals surface area contributed by atoms with Gasteiger partial charge in [0, 0.05) is 13.1 Å². The second-order valence-electron chi connectivity index (χ2n) is 3.41. The number of aromatic nitrogens is 2. The molecule has 78 valence electrons. The quantitative estimate of drug-likeness (QED) is 0.692. The van der Waals surface area contributed by atoms with Crippen molar-refractivity contribution in [3.8, 4) is 0 Å². The minimum atomic E-state index is 0.136. The Morgan fingerprint density at radius 3 is 3.07 bits per heavy atom. The molecular weight excluding hydrogens is 210 g/mol. The van der Waals surface area contributed by atoms with Crippen LogP contribution in [-0.4, -0.2) is 29.0 Å². The van der Waals surface area contributed by atoms with Crippen LogP contribution < -0.4 is 16.0 Å². The molecule has 5 nitrogen and oxygen atoms in total. The van der Waals surface area contributed by atoms with Crippen molar-refractivity contribution in [1.29, 1.82) is 0 Å². The molecule has 0 amide bonds. The van der Waals surface area contributed by atoms with Crippen molar-refractivity contribution in [2.75, 3.05) is 18.4 Å². The maximum Gasteiger partial charge on any atom is 0.132 e. The molecule has 1 fully saturated rings. The molecule has 0 atom stereocenters. The SMILES string of the molecule is c1cc(NC2NCCN2)c2nnsc2c1. The fourth-order valence-corrected chi connectivity index (χ4v) is 2.27. The standard InChI is InChI=1S/C9H11N5S/c1-2-6(12-9-10-4-5-11-9)8-7(3-1)15-14-13-8/h1-3,9-12H,4-5H2. The molecule has 0 saturated carbocycles. The van der Waals surface area contributed by atoms with E-state index in [0.29, 0.717) is 0 Å². The van der Waals surface area contributed by atoms with Crippen LogP contribution in [0.2, 0.25) is 0 Å². The lowest BCUT2D eigenvalue weighted by Crippen LogP contribution is -2.38. The van der Waals surface area contributed by atoms with Crippen molar-refractivity contribution in [3.05, 3.63) is 18.2 Å². The third-order valence-corrected chi connectivity index (χ3v) is 3.09. The van der Waals surface area contributed by atoms with Crippen LogP contribution in [0.15, 0.2) is 18.2 Å². The van der Waals surface area contributed by atoms with Crippen LogP contribution in [0.1, 0.15) is 0 Å². The summed E-state index contributed by atoms with van der Waals surface area (Å²) >= 11 is 1.42. The number of anilines is 1. The highest BCUT2D eigenvalue weighted by atomic mass is 32.1. The minimum absolute atomic E-state index is 0.136. The van der Waals surface area contributed by atoms with Crippen molar-refractivity contribution in [2.45, 2.75) is 6.29 Å². The van der Waals surface area contributed by atoms with Crippen LogP contribution >= 0.6 is 11.5 Å². The number of fused-ring (bicyclic) bond motifs is 1. The third kappa shape index (κ3) is 1.67. The third-order valence-electron chi connectivity index (χ3n) is 2.40. The first kappa shape index (κ1) is 9.02. The van der Waals surface area contributed by atoms with Crippen LogP contribution in [0.25, 0.3) is 10.2 Å². The van der Waals surface area contributed by atoms with Crippen LogP contribution in [0.4, 0.5) is 5.69 Å². The first-order chi connectivity index (χ1) is 7.43. The van der Waals surface area contributed by atoms with Gasteiger partial charge in [0.1, 0.15) is 11.8 Å². The average Bonchev–Trinajstić information content (AvgIpc) is 2.87. The number of benzene rings is 1. The summed E-state index contributed by atoms with van der Waals surface area (Å²) in [6, 6.07) is 6.06. The fourth-order valence-electron chi connectivity index (χ4n) is 1.68. The summed E-state index contributed by atoms with van der Waals surface area (Å²) in [6.45, 7) is 1.98. The first-order valence-electron chi connectivity index (χ1n) is 4.88. The van der Waals surface area contributed by atoms with E-state index in [1.807, 2.05) is 18.2 Å². The minimum Gasteiger partial charge on any atom is -0.356 e. The zero-order valence-corrected chi connectivity index (χ0v) is 8.84. The van der Waals surface area contributed by atoms with E-state index in [2.05, 4.69) is 25.5 Å². The fraction of sp³-hybridized carbons (Fsp3) is 0.333. The lowest BCUT2D eigenvalue weighted by molar-refractivity contribution is 0.621. The van der Waals surface area contributed by atoms with Gasteiger partial charge in [0.25, 0.3) is 0 Å². The van der Waals surface area contributed by atoms with E-state index in [1.54, 1.807) is 0 Å². The highest BCUT2D eigenvalue weighted by Gasteiger charge is 2.14. The molecule has 2 heterocycles. The molecule has 0 aliphatic carbocycles. The maximum absolute atomic E-state index is 4.11. The molecule has 1 aromatic carbocycles. The van der Waals surface area contributed by atoms with Crippen LogP contribution in [-0.2, 0) is 0 Å². The van der Waals surface area contributed by atoms with Gasteiger partial charge in [-0.1, -0.05) is 10.6 Å². The van der Waals surface area contributed by atoms with Gasteiger partial charge < -0.3 is 5.32 Å². The molecule has 2 aromatic rings. The summed E-state index contributed by atoms with van der Waals surface area (Å²) in [4.78, 5) is 0. The molecule has 3 N–H and O–H groups in total. The first-order valence-corrected chi connectivity index (χ1v) is 5.65. The van der Waals surface area contributed by atoms with E-state index in [0.717, 1.165) is 29.0 Å². The summed E-state index contributed by atoms with van der Waals surface area (Å²) in [5, 5.41) is 14.1. The normalized spacial score (nSPS) is 17.3. The Bertz CT molecular complexity index is 462. The molecule has 1 aliphatic heterocycles. The molecule has 1 saturated heterocycles. The second kappa shape index (κ2) is 3.73.